The van der Waals surface area contributed by atoms with E-state index in [0.29, 0.717) is 37.8 Å². The van der Waals surface area contributed by atoms with Gasteiger partial charge < -0.3 is 18.7 Å². The van der Waals surface area contributed by atoms with Crippen molar-refractivity contribution in [3.05, 3.63) is 23.1 Å². The summed E-state index contributed by atoms with van der Waals surface area (Å²) >= 11 is 0. The van der Waals surface area contributed by atoms with Crippen LogP contribution in [0.3, 0.4) is 0 Å². The second kappa shape index (κ2) is 6.29. The third kappa shape index (κ3) is 2.96. The predicted molar refractivity (Wildman–Crippen MR) is 80.1 cm³/mol. The van der Waals surface area contributed by atoms with Gasteiger partial charge in [0.1, 0.15) is 11.3 Å². The lowest BCUT2D eigenvalue weighted by Crippen LogP contribution is -2.36. The molecule has 0 amide bonds. The van der Waals surface area contributed by atoms with Crippen molar-refractivity contribution in [1.29, 1.82) is 0 Å². The molecule has 0 saturated carbocycles. The Bertz CT molecular complexity index is 673. The summed E-state index contributed by atoms with van der Waals surface area (Å²) in [7, 11) is 3.55. The molecular weight excluding hydrogens is 300 g/mol. The standard InChI is InChI=1S/C15H22N4O4/c1-10-13(11(2)19(3)17-10)22-9-12-16-14(18-23-12)15(20-4)5-7-21-8-6-15/h5-9H2,1-4H3. The fourth-order valence-electron chi connectivity index (χ4n) is 2.82. The summed E-state index contributed by atoms with van der Waals surface area (Å²) in [5, 5.41) is 8.39. The molecule has 8 heteroatoms. The molecule has 23 heavy (non-hydrogen) atoms. The maximum absolute atomic E-state index is 5.80. The number of methoxy groups -OCH3 is 1. The lowest BCUT2D eigenvalue weighted by molar-refractivity contribution is -0.101. The molecule has 0 atom stereocenters. The Morgan fingerprint density at radius 2 is 2.00 bits per heavy atom. The minimum Gasteiger partial charge on any atom is -0.480 e. The van der Waals surface area contributed by atoms with Crippen molar-refractivity contribution in [2.75, 3.05) is 20.3 Å². The highest BCUT2D eigenvalue weighted by molar-refractivity contribution is 5.31. The van der Waals surface area contributed by atoms with E-state index in [4.69, 9.17) is 18.7 Å². The van der Waals surface area contributed by atoms with Crippen molar-refractivity contribution in [3.63, 3.8) is 0 Å². The van der Waals surface area contributed by atoms with Gasteiger partial charge in [-0.05, 0) is 13.8 Å². The summed E-state index contributed by atoms with van der Waals surface area (Å²) in [6.45, 7) is 5.32. The fraction of sp³-hybridized carbons (Fsp3) is 0.667. The van der Waals surface area contributed by atoms with E-state index in [9.17, 15) is 0 Å². The number of aromatic nitrogens is 4. The smallest absolute Gasteiger partial charge is 0.264 e. The van der Waals surface area contributed by atoms with Crippen LogP contribution in [0.4, 0.5) is 0 Å². The van der Waals surface area contributed by atoms with Crippen LogP contribution >= 0.6 is 0 Å². The quantitative estimate of drug-likeness (QED) is 0.827. The van der Waals surface area contributed by atoms with Gasteiger partial charge in [-0.25, -0.2) is 0 Å². The molecule has 8 nitrogen and oxygen atoms in total. The van der Waals surface area contributed by atoms with Crippen LogP contribution in [0, 0.1) is 13.8 Å². The van der Waals surface area contributed by atoms with E-state index < -0.39 is 5.60 Å². The zero-order valence-corrected chi connectivity index (χ0v) is 14.0. The largest absolute Gasteiger partial charge is 0.480 e. The first-order chi connectivity index (χ1) is 11.1. The van der Waals surface area contributed by atoms with E-state index in [1.54, 1.807) is 11.8 Å². The van der Waals surface area contributed by atoms with Crippen LogP contribution in [0.25, 0.3) is 0 Å². The van der Waals surface area contributed by atoms with Crippen LogP contribution < -0.4 is 4.74 Å². The summed E-state index contributed by atoms with van der Waals surface area (Å²) in [6, 6.07) is 0. The molecule has 2 aromatic heterocycles. The Morgan fingerprint density at radius 3 is 2.61 bits per heavy atom. The molecule has 0 aliphatic carbocycles. The van der Waals surface area contributed by atoms with Gasteiger partial charge in [-0.15, -0.1) is 0 Å². The molecule has 1 fully saturated rings. The van der Waals surface area contributed by atoms with Gasteiger partial charge >= 0.3 is 0 Å². The molecule has 3 rings (SSSR count). The molecule has 0 bridgehead atoms. The molecule has 0 radical (unpaired) electrons. The molecular formula is C15H22N4O4. The first-order valence-corrected chi connectivity index (χ1v) is 7.65. The highest BCUT2D eigenvalue weighted by atomic mass is 16.5. The molecule has 2 aromatic rings. The lowest BCUT2D eigenvalue weighted by atomic mass is 9.93. The number of nitrogens with zero attached hydrogens (tertiary/aromatic N) is 4. The SMILES string of the molecule is COC1(c2noc(COc3c(C)nn(C)c3C)n2)CCOCC1. The number of rotatable bonds is 5. The van der Waals surface area contributed by atoms with E-state index in [-0.39, 0.29) is 6.61 Å². The Kier molecular flexibility index (Phi) is 4.36. The number of hydrogen-bond donors (Lipinski definition) is 0. The van der Waals surface area contributed by atoms with Crippen LogP contribution in [0.5, 0.6) is 5.75 Å². The summed E-state index contributed by atoms with van der Waals surface area (Å²) in [4.78, 5) is 4.45. The van der Waals surface area contributed by atoms with Gasteiger partial charge in [-0.2, -0.15) is 10.1 Å². The first-order valence-electron chi connectivity index (χ1n) is 7.65. The Morgan fingerprint density at radius 1 is 1.26 bits per heavy atom. The monoisotopic (exact) mass is 322 g/mol. The number of aryl methyl sites for hydroxylation is 2. The predicted octanol–water partition coefficient (Wildman–Crippen LogP) is 1.65. The maximum atomic E-state index is 5.80. The molecule has 3 heterocycles. The van der Waals surface area contributed by atoms with Gasteiger partial charge in [-0.1, -0.05) is 5.16 Å². The second-order valence-corrected chi connectivity index (χ2v) is 5.73. The maximum Gasteiger partial charge on any atom is 0.264 e. The molecule has 0 N–H and O–H groups in total. The van der Waals surface area contributed by atoms with E-state index >= 15 is 0 Å². The highest BCUT2D eigenvalue weighted by Gasteiger charge is 2.39. The minimum absolute atomic E-state index is 0.205. The average molecular weight is 322 g/mol. The molecule has 1 aliphatic rings. The van der Waals surface area contributed by atoms with Crippen LogP contribution in [0.1, 0.15) is 35.9 Å². The van der Waals surface area contributed by atoms with Crippen molar-refractivity contribution in [2.24, 2.45) is 7.05 Å². The van der Waals surface area contributed by atoms with Crippen LogP contribution in [0.2, 0.25) is 0 Å². The van der Waals surface area contributed by atoms with Crippen LogP contribution in [-0.4, -0.2) is 40.2 Å². The molecule has 126 valence electrons. The second-order valence-electron chi connectivity index (χ2n) is 5.73. The molecule has 0 unspecified atom stereocenters. The Balaban J connectivity index is 1.72. The fourth-order valence-corrected chi connectivity index (χ4v) is 2.82. The van der Waals surface area contributed by atoms with Gasteiger partial charge in [0.2, 0.25) is 5.82 Å². The average Bonchev–Trinajstić information content (AvgIpc) is 3.13. The summed E-state index contributed by atoms with van der Waals surface area (Å²) in [6.07, 6.45) is 1.42. The number of hydrogen-bond acceptors (Lipinski definition) is 7. The number of ether oxygens (including phenoxy) is 3. The van der Waals surface area contributed by atoms with E-state index in [1.165, 1.54) is 0 Å². The van der Waals surface area contributed by atoms with Crippen molar-refractivity contribution >= 4 is 0 Å². The molecule has 1 saturated heterocycles. The zero-order chi connectivity index (χ0) is 16.4. The molecule has 0 spiro atoms. The van der Waals surface area contributed by atoms with Crippen molar-refractivity contribution in [1.82, 2.24) is 19.9 Å². The summed E-state index contributed by atoms with van der Waals surface area (Å²) < 4.78 is 24.0. The molecule has 1 aliphatic heterocycles. The zero-order valence-electron chi connectivity index (χ0n) is 14.0. The van der Waals surface area contributed by atoms with E-state index in [2.05, 4.69) is 15.2 Å². The summed E-state index contributed by atoms with van der Waals surface area (Å²) in [5.41, 5.74) is 1.27. The first kappa shape index (κ1) is 15.9. The Hall–Kier alpha value is -1.93. The topological polar surface area (TPSA) is 84.4 Å². The van der Waals surface area contributed by atoms with Gasteiger partial charge in [0.25, 0.3) is 5.89 Å². The third-order valence-corrected chi connectivity index (χ3v) is 4.35. The van der Waals surface area contributed by atoms with Crippen LogP contribution in [0.15, 0.2) is 4.52 Å². The normalized spacial score (nSPS) is 17.4. The van der Waals surface area contributed by atoms with Crippen LogP contribution in [-0.2, 0) is 28.7 Å². The van der Waals surface area contributed by atoms with Gasteiger partial charge in [0.15, 0.2) is 12.4 Å². The van der Waals surface area contributed by atoms with E-state index in [0.717, 1.165) is 17.1 Å². The highest BCUT2D eigenvalue weighted by Crippen LogP contribution is 2.33. The van der Waals surface area contributed by atoms with Crippen molar-refractivity contribution in [3.8, 4) is 5.75 Å². The third-order valence-electron chi connectivity index (χ3n) is 4.35. The Labute approximate surface area is 134 Å². The van der Waals surface area contributed by atoms with E-state index in [1.807, 2.05) is 20.9 Å². The van der Waals surface area contributed by atoms with Gasteiger partial charge in [-0.3, -0.25) is 4.68 Å². The minimum atomic E-state index is -0.528. The lowest BCUT2D eigenvalue weighted by Gasteiger charge is -2.32. The van der Waals surface area contributed by atoms with Gasteiger partial charge in [0, 0.05) is 40.2 Å². The molecule has 0 aromatic carbocycles. The van der Waals surface area contributed by atoms with Crippen molar-refractivity contribution in [2.45, 2.75) is 38.9 Å². The summed E-state index contributed by atoms with van der Waals surface area (Å²) in [5.74, 6) is 1.73. The van der Waals surface area contributed by atoms with Gasteiger partial charge in [0.05, 0.1) is 5.69 Å². The van der Waals surface area contributed by atoms with Crippen molar-refractivity contribution < 1.29 is 18.7 Å².